The number of nitro groups is 1. The van der Waals surface area contributed by atoms with Gasteiger partial charge in [0, 0.05) is 50.5 Å². The lowest BCUT2D eigenvalue weighted by atomic mass is 10.1. The Hall–Kier alpha value is -3.33. The number of nitrogens with one attached hydrogen (secondary N) is 1. The Kier molecular flexibility index (Phi) is 5.71. The van der Waals surface area contributed by atoms with E-state index in [9.17, 15) is 14.9 Å². The van der Waals surface area contributed by atoms with Gasteiger partial charge in [0.15, 0.2) is 11.5 Å². The predicted molar refractivity (Wildman–Crippen MR) is 111 cm³/mol. The van der Waals surface area contributed by atoms with Gasteiger partial charge in [-0.2, -0.15) is 0 Å². The molecule has 1 amide bonds. The van der Waals surface area contributed by atoms with Crippen LogP contribution in [0.5, 0.6) is 11.5 Å². The highest BCUT2D eigenvalue weighted by Crippen LogP contribution is 2.32. The number of non-ortho nitro benzene ring substituents is 1. The van der Waals surface area contributed by atoms with Crippen molar-refractivity contribution in [3.05, 3.63) is 58.1 Å². The monoisotopic (exact) mass is 412 g/mol. The number of piperazine rings is 1. The first kappa shape index (κ1) is 20.0. The molecule has 9 nitrogen and oxygen atoms in total. The number of ether oxygens (including phenoxy) is 2. The number of hydrogen-bond acceptors (Lipinski definition) is 7. The zero-order valence-electron chi connectivity index (χ0n) is 16.7. The molecule has 2 aromatic carbocycles. The van der Waals surface area contributed by atoms with Gasteiger partial charge in [0.25, 0.3) is 5.69 Å². The van der Waals surface area contributed by atoms with Crippen LogP contribution in [-0.2, 0) is 11.3 Å². The summed E-state index contributed by atoms with van der Waals surface area (Å²) in [6.07, 6.45) is 0. The van der Waals surface area contributed by atoms with Crippen molar-refractivity contribution in [3.63, 3.8) is 0 Å². The molecule has 2 heterocycles. The molecule has 0 radical (unpaired) electrons. The molecule has 158 valence electrons. The van der Waals surface area contributed by atoms with Crippen LogP contribution < -0.4 is 19.7 Å². The fourth-order valence-electron chi connectivity index (χ4n) is 3.71. The first-order valence-electron chi connectivity index (χ1n) is 9.91. The average molecular weight is 412 g/mol. The zero-order valence-corrected chi connectivity index (χ0v) is 16.7. The van der Waals surface area contributed by atoms with Crippen LogP contribution in [0.4, 0.5) is 11.4 Å². The van der Waals surface area contributed by atoms with Crippen LogP contribution in [0.25, 0.3) is 0 Å². The van der Waals surface area contributed by atoms with Crippen LogP contribution in [0.3, 0.4) is 0 Å². The number of rotatable bonds is 6. The summed E-state index contributed by atoms with van der Waals surface area (Å²) in [4.78, 5) is 27.3. The molecule has 30 heavy (non-hydrogen) atoms. The van der Waals surface area contributed by atoms with Crippen molar-refractivity contribution in [2.75, 3.05) is 37.9 Å². The second-order valence-electron chi connectivity index (χ2n) is 7.38. The molecule has 2 aromatic rings. The zero-order chi connectivity index (χ0) is 21.1. The number of fused-ring (bicyclic) bond motifs is 1. The van der Waals surface area contributed by atoms with Crippen LogP contribution in [0, 0.1) is 10.1 Å². The Morgan fingerprint density at radius 1 is 1.10 bits per heavy atom. The minimum atomic E-state index is -0.397. The minimum absolute atomic E-state index is 0.0172. The lowest BCUT2D eigenvalue weighted by Crippen LogP contribution is -2.53. The van der Waals surface area contributed by atoms with Crippen molar-refractivity contribution >= 4 is 17.3 Å². The molecule has 0 bridgehead atoms. The van der Waals surface area contributed by atoms with E-state index in [0.29, 0.717) is 12.3 Å². The van der Waals surface area contributed by atoms with Gasteiger partial charge in [0.2, 0.25) is 12.7 Å². The number of carbonyl (C=O) groups excluding carboxylic acids is 1. The van der Waals surface area contributed by atoms with E-state index >= 15 is 0 Å². The van der Waals surface area contributed by atoms with E-state index in [0.717, 1.165) is 43.2 Å². The number of nitrogens with zero attached hydrogens (tertiary/aromatic N) is 3. The van der Waals surface area contributed by atoms with Crippen molar-refractivity contribution in [1.29, 1.82) is 0 Å². The number of amides is 1. The van der Waals surface area contributed by atoms with Gasteiger partial charge in [-0.1, -0.05) is 6.07 Å². The molecule has 0 spiro atoms. The van der Waals surface area contributed by atoms with Gasteiger partial charge < -0.3 is 19.7 Å². The van der Waals surface area contributed by atoms with E-state index < -0.39 is 4.92 Å². The lowest BCUT2D eigenvalue weighted by molar-refractivity contribution is -0.384. The summed E-state index contributed by atoms with van der Waals surface area (Å²) >= 11 is 0. The van der Waals surface area contributed by atoms with Crippen molar-refractivity contribution in [2.24, 2.45) is 0 Å². The summed E-state index contributed by atoms with van der Waals surface area (Å²) < 4.78 is 10.7. The van der Waals surface area contributed by atoms with E-state index in [4.69, 9.17) is 9.47 Å². The third kappa shape index (κ3) is 4.30. The summed E-state index contributed by atoms with van der Waals surface area (Å²) in [5.74, 6) is 1.41. The Balaban J connectivity index is 1.26. The van der Waals surface area contributed by atoms with E-state index in [1.54, 1.807) is 12.1 Å². The first-order chi connectivity index (χ1) is 14.5. The number of anilines is 1. The molecule has 2 aliphatic rings. The van der Waals surface area contributed by atoms with E-state index in [2.05, 4.69) is 15.1 Å². The highest BCUT2D eigenvalue weighted by Gasteiger charge is 2.26. The molecule has 2 aliphatic heterocycles. The van der Waals surface area contributed by atoms with Crippen molar-refractivity contribution in [1.82, 2.24) is 10.2 Å². The Bertz CT molecular complexity index is 925. The van der Waals surface area contributed by atoms with Crippen molar-refractivity contribution in [3.8, 4) is 11.5 Å². The second kappa shape index (κ2) is 8.58. The molecule has 0 aromatic heterocycles. The van der Waals surface area contributed by atoms with Gasteiger partial charge in [-0.25, -0.2) is 0 Å². The van der Waals surface area contributed by atoms with E-state index in [1.165, 1.54) is 12.1 Å². The maximum atomic E-state index is 12.6. The predicted octanol–water partition coefficient (Wildman–Crippen LogP) is 2.15. The topological polar surface area (TPSA) is 97.2 Å². The Labute approximate surface area is 174 Å². The molecule has 1 fully saturated rings. The van der Waals surface area contributed by atoms with Crippen LogP contribution in [0.2, 0.25) is 0 Å². The maximum absolute atomic E-state index is 12.6. The van der Waals surface area contributed by atoms with Gasteiger partial charge in [-0.3, -0.25) is 19.8 Å². The van der Waals surface area contributed by atoms with Gasteiger partial charge in [-0.05, 0) is 36.8 Å². The molecule has 1 atom stereocenters. The maximum Gasteiger partial charge on any atom is 0.269 e. The highest BCUT2D eigenvalue weighted by molar-refractivity contribution is 5.81. The van der Waals surface area contributed by atoms with Crippen LogP contribution in [0.1, 0.15) is 12.5 Å². The molecule has 0 aliphatic carbocycles. The van der Waals surface area contributed by atoms with Crippen LogP contribution in [-0.4, -0.2) is 54.7 Å². The summed E-state index contributed by atoms with van der Waals surface area (Å²) in [7, 11) is 0. The minimum Gasteiger partial charge on any atom is -0.454 e. The normalized spacial score (nSPS) is 16.9. The highest BCUT2D eigenvalue weighted by atomic mass is 16.7. The molecule has 1 N–H and O–H groups in total. The SMILES string of the molecule is CC(C(=O)NCc1ccc2c(c1)OCO2)N1CCN(c2ccc([N+](=O)[O-])cc2)CC1. The first-order valence-corrected chi connectivity index (χ1v) is 9.91. The summed E-state index contributed by atoms with van der Waals surface area (Å²) in [6, 6.07) is 12.0. The standard InChI is InChI=1S/C21H24N4O5/c1-15(21(26)22-13-16-2-7-19-20(12-16)30-14-29-19)23-8-10-24(11-9-23)17-3-5-18(6-4-17)25(27)28/h2-7,12,15H,8-11,13-14H2,1H3,(H,22,26). The van der Waals surface area contributed by atoms with Crippen molar-refractivity contribution in [2.45, 2.75) is 19.5 Å². The summed E-state index contributed by atoms with van der Waals surface area (Å²) in [5.41, 5.74) is 2.01. The molecule has 1 unspecified atom stereocenters. The fraction of sp³-hybridized carbons (Fsp3) is 0.381. The van der Waals surface area contributed by atoms with Gasteiger partial charge in [0.05, 0.1) is 11.0 Å². The molecule has 9 heteroatoms. The quantitative estimate of drug-likeness (QED) is 0.574. The molecular weight excluding hydrogens is 388 g/mol. The number of nitro benzene ring substituents is 1. The average Bonchev–Trinajstić information content (AvgIpc) is 3.25. The van der Waals surface area contributed by atoms with Crippen LogP contribution in [0.15, 0.2) is 42.5 Å². The number of carbonyl (C=O) groups is 1. The largest absolute Gasteiger partial charge is 0.454 e. The van der Waals surface area contributed by atoms with E-state index in [1.807, 2.05) is 25.1 Å². The van der Waals surface area contributed by atoms with Crippen LogP contribution >= 0.6 is 0 Å². The molecule has 1 saturated heterocycles. The number of benzene rings is 2. The fourth-order valence-corrected chi connectivity index (χ4v) is 3.71. The Morgan fingerprint density at radius 2 is 1.80 bits per heavy atom. The Morgan fingerprint density at radius 3 is 2.50 bits per heavy atom. The second-order valence-corrected chi connectivity index (χ2v) is 7.38. The summed E-state index contributed by atoms with van der Waals surface area (Å²) in [6.45, 7) is 5.59. The smallest absolute Gasteiger partial charge is 0.269 e. The molecule has 0 saturated carbocycles. The molecule has 4 rings (SSSR count). The van der Waals surface area contributed by atoms with Crippen molar-refractivity contribution < 1.29 is 19.2 Å². The van der Waals surface area contributed by atoms with Gasteiger partial charge in [-0.15, -0.1) is 0 Å². The van der Waals surface area contributed by atoms with Gasteiger partial charge in [0.1, 0.15) is 0 Å². The van der Waals surface area contributed by atoms with Gasteiger partial charge >= 0.3 is 0 Å². The summed E-state index contributed by atoms with van der Waals surface area (Å²) in [5, 5.41) is 13.8. The van der Waals surface area contributed by atoms with E-state index in [-0.39, 0.29) is 24.4 Å². The molecular formula is C21H24N4O5. The number of hydrogen-bond donors (Lipinski definition) is 1. The third-order valence-electron chi connectivity index (χ3n) is 5.57. The lowest BCUT2D eigenvalue weighted by Gasteiger charge is -2.38. The third-order valence-corrected chi connectivity index (χ3v) is 5.57.